The summed E-state index contributed by atoms with van der Waals surface area (Å²) in [7, 11) is 0. The molecule has 0 aliphatic carbocycles. The third kappa shape index (κ3) is 3.69. The number of amides is 1. The number of aromatic nitrogens is 3. The average Bonchev–Trinajstić information content (AvgIpc) is 2.64. The number of carbonyl (C=O) groups is 1. The molecule has 2 aromatic carbocycles. The summed E-state index contributed by atoms with van der Waals surface area (Å²) in [6.45, 7) is 5.54. The quantitative estimate of drug-likeness (QED) is 0.786. The van der Waals surface area contributed by atoms with Crippen molar-refractivity contribution in [3.8, 4) is 11.3 Å². The van der Waals surface area contributed by atoms with Gasteiger partial charge in [0.15, 0.2) is 0 Å². The smallest absolute Gasteiger partial charge is 0.324 e. The van der Waals surface area contributed by atoms with Crippen LogP contribution >= 0.6 is 0 Å². The molecule has 0 aliphatic rings. The van der Waals surface area contributed by atoms with Gasteiger partial charge in [-0.15, -0.1) is 0 Å². The number of hydrogen-bond acceptors (Lipinski definition) is 4. The lowest BCUT2D eigenvalue weighted by atomic mass is 10.1. The van der Waals surface area contributed by atoms with Crippen molar-refractivity contribution in [2.24, 2.45) is 0 Å². The number of hydrogen-bond donors (Lipinski definition) is 1. The van der Waals surface area contributed by atoms with E-state index in [1.54, 1.807) is 6.92 Å². The van der Waals surface area contributed by atoms with Crippen LogP contribution in [0, 0.1) is 13.8 Å². The molecule has 0 bridgehead atoms. The first-order valence-electron chi connectivity index (χ1n) is 8.35. The fraction of sp³-hybridized carbons (Fsp3) is 0.200. The van der Waals surface area contributed by atoms with E-state index in [1.807, 2.05) is 62.4 Å². The molecule has 6 heteroatoms. The number of benzene rings is 2. The minimum Gasteiger partial charge on any atom is -0.324 e. The Morgan fingerprint density at radius 1 is 1.12 bits per heavy atom. The largest absolute Gasteiger partial charge is 0.365 e. The number of nitrogens with one attached hydrogen (secondary N) is 1. The highest BCUT2D eigenvalue weighted by Crippen LogP contribution is 2.18. The van der Waals surface area contributed by atoms with Gasteiger partial charge in [-0.05, 0) is 32.4 Å². The van der Waals surface area contributed by atoms with Crippen LogP contribution in [0.2, 0.25) is 0 Å². The molecule has 1 amide bonds. The van der Waals surface area contributed by atoms with E-state index in [0.29, 0.717) is 5.69 Å². The van der Waals surface area contributed by atoms with E-state index in [9.17, 15) is 9.59 Å². The Bertz CT molecular complexity index is 996. The molecule has 3 aromatic rings. The second-order valence-electron chi connectivity index (χ2n) is 6.22. The molecule has 26 heavy (non-hydrogen) atoms. The highest BCUT2D eigenvalue weighted by atomic mass is 16.2. The molecule has 6 nitrogen and oxygen atoms in total. The molecule has 1 aromatic heterocycles. The average molecular weight is 348 g/mol. The first-order valence-corrected chi connectivity index (χ1v) is 8.35. The van der Waals surface area contributed by atoms with Gasteiger partial charge in [-0.1, -0.05) is 48.0 Å². The Labute approximate surface area is 151 Å². The number of anilines is 1. The maximum Gasteiger partial charge on any atom is 0.365 e. The Kier molecular flexibility index (Phi) is 4.93. The lowest BCUT2D eigenvalue weighted by Gasteiger charge is -2.15. The zero-order chi connectivity index (χ0) is 18.7. The molecule has 1 heterocycles. The van der Waals surface area contributed by atoms with Crippen LogP contribution in [0.3, 0.4) is 0 Å². The van der Waals surface area contributed by atoms with Gasteiger partial charge in [0, 0.05) is 11.3 Å². The minimum absolute atomic E-state index is 0.319. The van der Waals surface area contributed by atoms with Gasteiger partial charge in [0.05, 0.1) is 11.9 Å². The van der Waals surface area contributed by atoms with Crippen molar-refractivity contribution in [2.75, 3.05) is 5.32 Å². The fourth-order valence-electron chi connectivity index (χ4n) is 2.67. The van der Waals surface area contributed by atoms with Gasteiger partial charge in [0.1, 0.15) is 6.04 Å². The summed E-state index contributed by atoms with van der Waals surface area (Å²) in [6.07, 6.45) is 1.50. The Hall–Kier alpha value is -3.28. The maximum atomic E-state index is 12.5. The van der Waals surface area contributed by atoms with Crippen molar-refractivity contribution >= 4 is 11.6 Å². The first kappa shape index (κ1) is 17.5. The van der Waals surface area contributed by atoms with Crippen LogP contribution in [-0.4, -0.2) is 20.7 Å². The summed E-state index contributed by atoms with van der Waals surface area (Å²) < 4.78 is 1.09. The van der Waals surface area contributed by atoms with E-state index >= 15 is 0 Å². The lowest BCUT2D eigenvalue weighted by Crippen LogP contribution is -2.35. The summed E-state index contributed by atoms with van der Waals surface area (Å²) in [5, 5.41) is 6.98. The van der Waals surface area contributed by atoms with E-state index in [0.717, 1.165) is 27.1 Å². The normalized spacial score (nSPS) is 11.8. The molecule has 1 atom stereocenters. The van der Waals surface area contributed by atoms with Gasteiger partial charge in [-0.3, -0.25) is 4.79 Å². The summed E-state index contributed by atoms with van der Waals surface area (Å²) in [6, 6.07) is 14.3. The van der Waals surface area contributed by atoms with Crippen LogP contribution in [0.1, 0.15) is 24.1 Å². The number of nitrogens with zero attached hydrogens (tertiary/aromatic N) is 3. The summed E-state index contributed by atoms with van der Waals surface area (Å²) in [5.74, 6) is -0.319. The molecular formula is C20H20N4O2. The van der Waals surface area contributed by atoms with Crippen molar-refractivity contribution in [3.63, 3.8) is 0 Å². The van der Waals surface area contributed by atoms with Crippen LogP contribution in [0.15, 0.2) is 59.5 Å². The van der Waals surface area contributed by atoms with E-state index in [-0.39, 0.29) is 5.91 Å². The number of aryl methyl sites for hydroxylation is 2. The van der Waals surface area contributed by atoms with E-state index in [1.165, 1.54) is 6.20 Å². The molecule has 0 saturated heterocycles. The molecule has 0 radical (unpaired) electrons. The molecule has 0 fully saturated rings. The Morgan fingerprint density at radius 2 is 1.85 bits per heavy atom. The molecule has 0 spiro atoms. The zero-order valence-electron chi connectivity index (χ0n) is 14.9. The van der Waals surface area contributed by atoms with Crippen LogP contribution in [-0.2, 0) is 4.79 Å². The first-order chi connectivity index (χ1) is 12.5. The molecule has 1 N–H and O–H groups in total. The highest BCUT2D eigenvalue weighted by Gasteiger charge is 2.19. The van der Waals surface area contributed by atoms with E-state index in [2.05, 4.69) is 15.4 Å². The van der Waals surface area contributed by atoms with Gasteiger partial charge in [0.2, 0.25) is 5.91 Å². The number of carbonyl (C=O) groups excluding carboxylic acids is 1. The van der Waals surface area contributed by atoms with Crippen LogP contribution < -0.4 is 11.0 Å². The van der Waals surface area contributed by atoms with Crippen molar-refractivity contribution < 1.29 is 4.79 Å². The predicted octanol–water partition coefficient (Wildman–Crippen LogP) is 3.12. The molecule has 132 valence electrons. The van der Waals surface area contributed by atoms with Crippen LogP contribution in [0.25, 0.3) is 11.3 Å². The van der Waals surface area contributed by atoms with Crippen molar-refractivity contribution in [3.05, 3.63) is 76.3 Å². The van der Waals surface area contributed by atoms with Gasteiger partial charge in [-0.25, -0.2) is 9.48 Å². The zero-order valence-corrected chi connectivity index (χ0v) is 14.9. The van der Waals surface area contributed by atoms with E-state index < -0.39 is 11.7 Å². The van der Waals surface area contributed by atoms with Gasteiger partial charge in [0.25, 0.3) is 0 Å². The van der Waals surface area contributed by atoms with Crippen molar-refractivity contribution in [1.82, 2.24) is 14.8 Å². The molecule has 0 aliphatic heterocycles. The van der Waals surface area contributed by atoms with Crippen LogP contribution in [0.4, 0.5) is 5.69 Å². The van der Waals surface area contributed by atoms with Crippen molar-refractivity contribution in [2.45, 2.75) is 26.8 Å². The third-order valence-electron chi connectivity index (χ3n) is 4.17. The summed E-state index contributed by atoms with van der Waals surface area (Å²) in [4.78, 5) is 28.9. The number of rotatable bonds is 4. The second kappa shape index (κ2) is 7.31. The van der Waals surface area contributed by atoms with Gasteiger partial charge < -0.3 is 5.32 Å². The molecular weight excluding hydrogens is 328 g/mol. The fourth-order valence-corrected chi connectivity index (χ4v) is 2.67. The maximum absolute atomic E-state index is 12.5. The molecule has 0 saturated carbocycles. The lowest BCUT2D eigenvalue weighted by molar-refractivity contribution is -0.119. The minimum atomic E-state index is -0.777. The highest BCUT2D eigenvalue weighted by molar-refractivity contribution is 5.94. The summed E-state index contributed by atoms with van der Waals surface area (Å²) in [5.41, 5.74) is 3.52. The molecule has 3 rings (SSSR count). The SMILES string of the molecule is Cc1ccc(NC(=O)[C@H](C)n2ncc(-c3ccccc3)nc2=O)c(C)c1. The summed E-state index contributed by atoms with van der Waals surface area (Å²) >= 11 is 0. The Balaban J connectivity index is 1.82. The molecule has 0 unspecified atom stereocenters. The predicted molar refractivity (Wildman–Crippen MR) is 101 cm³/mol. The Morgan fingerprint density at radius 3 is 2.50 bits per heavy atom. The van der Waals surface area contributed by atoms with Gasteiger partial charge >= 0.3 is 5.69 Å². The van der Waals surface area contributed by atoms with E-state index in [4.69, 9.17) is 0 Å². The van der Waals surface area contributed by atoms with Crippen molar-refractivity contribution in [1.29, 1.82) is 0 Å². The monoisotopic (exact) mass is 348 g/mol. The third-order valence-corrected chi connectivity index (χ3v) is 4.17. The van der Waals surface area contributed by atoms with Gasteiger partial charge in [-0.2, -0.15) is 10.1 Å². The van der Waals surface area contributed by atoms with Crippen LogP contribution in [0.5, 0.6) is 0 Å². The topological polar surface area (TPSA) is 76.9 Å². The second-order valence-corrected chi connectivity index (χ2v) is 6.22. The standard InChI is InChI=1S/C20H20N4O2/c1-13-9-10-17(14(2)11-13)22-19(25)15(3)24-20(26)23-18(12-21-24)16-7-5-4-6-8-16/h4-12,15H,1-3H3,(H,22,25)/t15-/m0/s1.